The Balaban J connectivity index is 2.54. The summed E-state index contributed by atoms with van der Waals surface area (Å²) in [6.45, 7) is 0.784. The fourth-order valence-electron chi connectivity index (χ4n) is 0.529. The van der Waals surface area contributed by atoms with Crippen molar-refractivity contribution in [3.8, 4) is 0 Å². The quantitative estimate of drug-likeness (QED) is 0.354. The van der Waals surface area contributed by atoms with Gasteiger partial charge in [-0.15, -0.1) is 0 Å². The van der Waals surface area contributed by atoms with E-state index in [9.17, 15) is 0 Å². The Hall–Kier alpha value is -0.700. The van der Waals surface area contributed by atoms with Crippen molar-refractivity contribution in [3.63, 3.8) is 0 Å². The molecule has 5 N–H and O–H groups in total. The lowest BCUT2D eigenvalue weighted by atomic mass is 10.3. The average molecular weight is 99.1 g/mol. The molecule has 3 heteroatoms. The zero-order chi connectivity index (χ0) is 5.28. The predicted molar refractivity (Wildman–Crippen MR) is 28.2 cm³/mol. The Kier molecular flexibility index (Phi) is 0.906. The van der Waals surface area contributed by atoms with Crippen molar-refractivity contribution >= 4 is 0 Å². The molecule has 0 radical (unpaired) electrons. The van der Waals surface area contributed by atoms with E-state index in [2.05, 4.69) is 5.32 Å². The summed E-state index contributed by atoms with van der Waals surface area (Å²) < 4.78 is 0. The number of hydrogen-bond acceptors (Lipinski definition) is 3. The highest BCUT2D eigenvalue weighted by molar-refractivity contribution is 5.10. The van der Waals surface area contributed by atoms with Crippen molar-refractivity contribution in [2.24, 2.45) is 11.5 Å². The first kappa shape index (κ1) is 4.46. The fourth-order valence-corrected chi connectivity index (χ4v) is 0.529. The molecule has 0 aromatic carbocycles. The Bertz CT molecular complexity index is 97.1. The van der Waals surface area contributed by atoms with Crippen molar-refractivity contribution in [1.29, 1.82) is 0 Å². The van der Waals surface area contributed by atoms with Gasteiger partial charge in [-0.25, -0.2) is 0 Å². The Labute approximate surface area is 42.4 Å². The highest BCUT2D eigenvalue weighted by Crippen LogP contribution is 1.93. The van der Waals surface area contributed by atoms with Gasteiger partial charge in [0.25, 0.3) is 0 Å². The molecule has 0 aromatic rings. The lowest BCUT2D eigenvalue weighted by molar-refractivity contribution is 0.766. The van der Waals surface area contributed by atoms with Crippen LogP contribution in [0.5, 0.6) is 0 Å². The van der Waals surface area contributed by atoms with Crippen LogP contribution in [-0.2, 0) is 0 Å². The molecule has 40 valence electrons. The topological polar surface area (TPSA) is 64.1 Å². The molecule has 1 rings (SSSR count). The molecule has 1 atom stereocenters. The van der Waals surface area contributed by atoms with Crippen LogP contribution in [0.25, 0.3) is 0 Å². The summed E-state index contributed by atoms with van der Waals surface area (Å²) in [5.74, 6) is 0. The second kappa shape index (κ2) is 1.42. The molecule has 0 aromatic heterocycles. The summed E-state index contributed by atoms with van der Waals surface area (Å²) in [5.41, 5.74) is 11.5. The molecule has 0 bridgehead atoms. The van der Waals surface area contributed by atoms with E-state index in [1.54, 1.807) is 6.20 Å². The van der Waals surface area contributed by atoms with Gasteiger partial charge >= 0.3 is 0 Å². The minimum atomic E-state index is 0.0417. The third-order valence-electron chi connectivity index (χ3n) is 1.03. The van der Waals surface area contributed by atoms with E-state index in [0.29, 0.717) is 0 Å². The van der Waals surface area contributed by atoms with Crippen LogP contribution in [0.15, 0.2) is 11.9 Å². The Morgan fingerprint density at radius 1 is 1.86 bits per heavy atom. The maximum Gasteiger partial charge on any atom is 0.0632 e. The van der Waals surface area contributed by atoms with Crippen LogP contribution in [-0.4, -0.2) is 12.6 Å². The summed E-state index contributed by atoms with van der Waals surface area (Å²) in [4.78, 5) is 0. The van der Waals surface area contributed by atoms with Crippen LogP contribution in [0.1, 0.15) is 0 Å². The second-order valence-electron chi connectivity index (χ2n) is 1.66. The lowest BCUT2D eigenvalue weighted by Gasteiger charge is -1.98. The van der Waals surface area contributed by atoms with E-state index in [1.165, 1.54) is 0 Å². The maximum atomic E-state index is 5.42. The summed E-state index contributed by atoms with van der Waals surface area (Å²) in [7, 11) is 0. The molecule has 1 unspecified atom stereocenters. The Morgan fingerprint density at radius 3 is 2.71 bits per heavy atom. The SMILES string of the molecule is NC1=CNCC1N. The number of nitrogens with two attached hydrogens (primary N) is 2. The van der Waals surface area contributed by atoms with E-state index < -0.39 is 0 Å². The first-order valence-corrected chi connectivity index (χ1v) is 2.25. The van der Waals surface area contributed by atoms with E-state index in [-0.39, 0.29) is 6.04 Å². The molecular formula is C4H9N3. The van der Waals surface area contributed by atoms with Gasteiger partial charge in [0.2, 0.25) is 0 Å². The van der Waals surface area contributed by atoms with Crippen molar-refractivity contribution in [2.45, 2.75) is 6.04 Å². The van der Waals surface area contributed by atoms with Gasteiger partial charge in [-0.1, -0.05) is 0 Å². The van der Waals surface area contributed by atoms with Crippen LogP contribution in [0.3, 0.4) is 0 Å². The van der Waals surface area contributed by atoms with Crippen molar-refractivity contribution in [1.82, 2.24) is 5.32 Å². The van der Waals surface area contributed by atoms with Gasteiger partial charge < -0.3 is 16.8 Å². The standard InChI is InChI=1S/C4H9N3/c5-3-1-7-2-4(3)6/h1,4,7H,2,5-6H2. The molecular weight excluding hydrogens is 90.1 g/mol. The zero-order valence-corrected chi connectivity index (χ0v) is 4.02. The van der Waals surface area contributed by atoms with E-state index >= 15 is 0 Å². The third kappa shape index (κ3) is 0.667. The highest BCUT2D eigenvalue weighted by atomic mass is 15.0. The minimum absolute atomic E-state index is 0.0417. The minimum Gasteiger partial charge on any atom is -0.400 e. The molecule has 0 aliphatic carbocycles. The van der Waals surface area contributed by atoms with Crippen LogP contribution in [0, 0.1) is 0 Å². The fraction of sp³-hybridized carbons (Fsp3) is 0.500. The van der Waals surface area contributed by atoms with Gasteiger partial charge in [0, 0.05) is 18.4 Å². The van der Waals surface area contributed by atoms with Crippen LogP contribution < -0.4 is 16.8 Å². The first-order chi connectivity index (χ1) is 3.30. The summed E-state index contributed by atoms with van der Waals surface area (Å²) >= 11 is 0. The van der Waals surface area contributed by atoms with Crippen LogP contribution in [0.4, 0.5) is 0 Å². The van der Waals surface area contributed by atoms with Crippen LogP contribution in [0.2, 0.25) is 0 Å². The maximum absolute atomic E-state index is 5.42. The third-order valence-corrected chi connectivity index (χ3v) is 1.03. The Morgan fingerprint density at radius 2 is 2.57 bits per heavy atom. The largest absolute Gasteiger partial charge is 0.400 e. The normalized spacial score (nSPS) is 29.3. The molecule has 0 spiro atoms. The molecule has 3 nitrogen and oxygen atoms in total. The van der Waals surface area contributed by atoms with Crippen LogP contribution >= 0.6 is 0 Å². The van der Waals surface area contributed by atoms with Gasteiger partial charge in [0.1, 0.15) is 0 Å². The molecule has 7 heavy (non-hydrogen) atoms. The molecule has 0 amide bonds. The number of rotatable bonds is 0. The number of nitrogens with one attached hydrogen (secondary N) is 1. The van der Waals surface area contributed by atoms with Gasteiger partial charge in [-0.3, -0.25) is 0 Å². The van der Waals surface area contributed by atoms with Gasteiger partial charge in [-0.2, -0.15) is 0 Å². The molecule has 0 fully saturated rings. The first-order valence-electron chi connectivity index (χ1n) is 2.25. The smallest absolute Gasteiger partial charge is 0.0632 e. The molecule has 1 aliphatic rings. The zero-order valence-electron chi connectivity index (χ0n) is 4.02. The van der Waals surface area contributed by atoms with Crippen molar-refractivity contribution < 1.29 is 0 Å². The molecule has 1 aliphatic heterocycles. The van der Waals surface area contributed by atoms with Gasteiger partial charge in [-0.05, 0) is 0 Å². The summed E-state index contributed by atoms with van der Waals surface area (Å²) in [6, 6.07) is 0.0417. The molecule has 0 saturated carbocycles. The predicted octanol–water partition coefficient (Wildman–Crippen LogP) is -1.28. The van der Waals surface area contributed by atoms with Crippen molar-refractivity contribution in [2.75, 3.05) is 6.54 Å². The second-order valence-corrected chi connectivity index (χ2v) is 1.66. The van der Waals surface area contributed by atoms with Gasteiger partial charge in [0.05, 0.1) is 6.04 Å². The van der Waals surface area contributed by atoms with Crippen molar-refractivity contribution in [3.05, 3.63) is 11.9 Å². The van der Waals surface area contributed by atoms with E-state index in [0.717, 1.165) is 12.2 Å². The number of hydrogen-bond donors (Lipinski definition) is 3. The average Bonchev–Trinajstić information content (AvgIpc) is 1.91. The molecule has 0 saturated heterocycles. The lowest BCUT2D eigenvalue weighted by Crippen LogP contribution is -2.29. The summed E-state index contributed by atoms with van der Waals surface area (Å²) in [6.07, 6.45) is 1.74. The highest BCUT2D eigenvalue weighted by Gasteiger charge is 2.08. The monoisotopic (exact) mass is 99.1 g/mol. The van der Waals surface area contributed by atoms with E-state index in [1.807, 2.05) is 0 Å². The molecule has 1 heterocycles. The van der Waals surface area contributed by atoms with Gasteiger partial charge in [0.15, 0.2) is 0 Å². The van der Waals surface area contributed by atoms with E-state index in [4.69, 9.17) is 11.5 Å². The summed E-state index contributed by atoms with van der Waals surface area (Å²) in [5, 5.41) is 2.91.